The second-order valence-electron chi connectivity index (χ2n) is 11.5. The highest BCUT2D eigenvalue weighted by atomic mass is 32.2. The predicted molar refractivity (Wildman–Crippen MR) is 125 cm³/mol. The van der Waals surface area contributed by atoms with Gasteiger partial charge in [0.2, 0.25) is 0 Å². The zero-order valence-electron chi connectivity index (χ0n) is 20.0. The molecule has 4 atom stereocenters. The highest BCUT2D eigenvalue weighted by Crippen LogP contribution is 2.64. The lowest BCUT2D eigenvalue weighted by molar-refractivity contribution is -0.137. The zero-order valence-corrected chi connectivity index (χ0v) is 20.8. The maximum Gasteiger partial charge on any atom is 0.416 e. The van der Waals surface area contributed by atoms with Gasteiger partial charge in [-0.25, -0.2) is 18.1 Å². The van der Waals surface area contributed by atoms with E-state index in [-0.39, 0.29) is 11.5 Å². The number of fused-ring (bicyclic) bond motifs is 1. The number of nitrogens with zero attached hydrogens (tertiary/aromatic N) is 4. The monoisotopic (exact) mass is 508 g/mol. The van der Waals surface area contributed by atoms with Crippen molar-refractivity contribution in [2.45, 2.75) is 63.7 Å². The Labute approximate surface area is 203 Å². The van der Waals surface area contributed by atoms with Crippen molar-refractivity contribution in [1.29, 1.82) is 0 Å². The maximum atomic E-state index is 13.2. The molecule has 1 spiro atoms. The number of piperidine rings is 1. The van der Waals surface area contributed by atoms with Gasteiger partial charge in [0.1, 0.15) is 5.82 Å². The van der Waals surface area contributed by atoms with Crippen molar-refractivity contribution >= 4 is 9.84 Å². The Bertz CT molecular complexity index is 1220. The van der Waals surface area contributed by atoms with Gasteiger partial charge in [0, 0.05) is 29.0 Å². The van der Waals surface area contributed by atoms with Gasteiger partial charge in [-0.05, 0) is 76.6 Å². The smallest absolute Gasteiger partial charge is 0.300 e. The highest BCUT2D eigenvalue weighted by molar-refractivity contribution is 7.92. The molecule has 1 aromatic carbocycles. The van der Waals surface area contributed by atoms with Gasteiger partial charge in [0.25, 0.3) is 0 Å². The van der Waals surface area contributed by atoms with Gasteiger partial charge in [0.15, 0.2) is 15.7 Å². The van der Waals surface area contributed by atoms with Gasteiger partial charge >= 0.3 is 6.18 Å². The number of sulfone groups is 1. The summed E-state index contributed by atoms with van der Waals surface area (Å²) >= 11 is 0. The zero-order chi connectivity index (χ0) is 24.8. The molecule has 2 aliphatic carbocycles. The Kier molecular flexibility index (Phi) is 5.21. The molecule has 0 radical (unpaired) electrons. The van der Waals surface area contributed by atoms with Crippen LogP contribution in [0.4, 0.5) is 13.2 Å². The standard InChI is InChI=1S/C25H31F3N4O2S/c1-15(2)32-23(29-22(30-32)16-4-3-5-17(10-16)25(26,27)28)21-19-11-18(12-20(19)21)31-8-6-24(7-9-31)13-35(33,34)14-24/h3-5,10,15,18-21H,6-9,11-14H2,1-2H3/t18?,19-,20+,21?. The number of halogens is 3. The van der Waals surface area contributed by atoms with Gasteiger partial charge in [-0.15, -0.1) is 0 Å². The van der Waals surface area contributed by atoms with Crippen LogP contribution in [0.5, 0.6) is 0 Å². The molecular weight excluding hydrogens is 477 g/mol. The molecular formula is C25H31F3N4O2S. The molecule has 2 saturated carbocycles. The van der Waals surface area contributed by atoms with Crippen LogP contribution in [0.25, 0.3) is 11.4 Å². The number of hydrogen-bond acceptors (Lipinski definition) is 5. The molecule has 0 bridgehead atoms. The second-order valence-corrected chi connectivity index (χ2v) is 13.5. The van der Waals surface area contributed by atoms with Gasteiger partial charge in [-0.1, -0.05) is 12.1 Å². The third-order valence-corrected chi connectivity index (χ3v) is 10.8. The first-order valence-corrected chi connectivity index (χ1v) is 14.4. The normalized spacial score (nSPS) is 31.5. The molecule has 0 N–H and O–H groups in total. The lowest BCUT2D eigenvalue weighted by Crippen LogP contribution is -2.55. The number of rotatable bonds is 4. The third kappa shape index (κ3) is 4.10. The fraction of sp³-hybridized carbons (Fsp3) is 0.680. The minimum Gasteiger partial charge on any atom is -0.300 e. The topological polar surface area (TPSA) is 68.1 Å². The average Bonchev–Trinajstić information content (AvgIpc) is 3.13. The number of benzene rings is 1. The van der Waals surface area contributed by atoms with Crippen molar-refractivity contribution in [3.05, 3.63) is 35.7 Å². The minimum absolute atomic E-state index is 0.0346. The van der Waals surface area contributed by atoms with Crippen molar-refractivity contribution in [2.24, 2.45) is 17.3 Å². The number of alkyl halides is 3. The molecule has 4 fully saturated rings. The average molecular weight is 509 g/mol. The van der Waals surface area contributed by atoms with Crippen LogP contribution in [-0.2, 0) is 16.0 Å². The van der Waals surface area contributed by atoms with E-state index >= 15 is 0 Å². The molecule has 2 unspecified atom stereocenters. The lowest BCUT2D eigenvalue weighted by atomic mass is 9.80. The number of hydrogen-bond donors (Lipinski definition) is 0. The van der Waals surface area contributed by atoms with Crippen molar-refractivity contribution in [3.63, 3.8) is 0 Å². The van der Waals surface area contributed by atoms with Crippen LogP contribution in [0.2, 0.25) is 0 Å². The summed E-state index contributed by atoms with van der Waals surface area (Å²) in [7, 11) is -2.79. The highest BCUT2D eigenvalue weighted by Gasteiger charge is 2.60. The van der Waals surface area contributed by atoms with Crippen LogP contribution >= 0.6 is 0 Å². The summed E-state index contributed by atoms with van der Waals surface area (Å²) in [6, 6.07) is 5.86. The SMILES string of the molecule is CC(C)n1nc(-c2cccc(C(F)(F)F)c2)nc1C1[C@H]2CC(N3CCC4(CC3)CS(=O)(=O)C4)C[C@@H]12. The Hall–Kier alpha value is -1.94. The quantitative estimate of drug-likeness (QED) is 0.606. The number of aromatic nitrogens is 3. The molecule has 2 saturated heterocycles. The third-order valence-electron chi connectivity index (χ3n) is 8.74. The molecule has 2 aromatic rings. The Morgan fingerprint density at radius 2 is 1.74 bits per heavy atom. The van der Waals surface area contributed by atoms with Crippen LogP contribution in [0, 0.1) is 17.3 Å². The lowest BCUT2D eigenvalue weighted by Gasteiger charge is -2.48. The Balaban J connectivity index is 1.14. The Morgan fingerprint density at radius 1 is 1.09 bits per heavy atom. The van der Waals surface area contributed by atoms with Gasteiger partial charge in [0.05, 0.1) is 17.1 Å². The molecule has 0 amide bonds. The molecule has 1 aromatic heterocycles. The van der Waals surface area contributed by atoms with E-state index in [1.165, 1.54) is 6.07 Å². The Morgan fingerprint density at radius 3 is 2.31 bits per heavy atom. The molecule has 35 heavy (non-hydrogen) atoms. The molecule has 190 valence electrons. The van der Waals surface area contributed by atoms with Crippen molar-refractivity contribution in [2.75, 3.05) is 24.6 Å². The van der Waals surface area contributed by atoms with E-state index in [9.17, 15) is 21.6 Å². The van der Waals surface area contributed by atoms with E-state index in [0.717, 1.165) is 56.7 Å². The molecule has 10 heteroatoms. The van der Waals surface area contributed by atoms with Crippen LogP contribution in [-0.4, -0.2) is 58.7 Å². The molecule has 6 nitrogen and oxygen atoms in total. The summed E-state index contributed by atoms with van der Waals surface area (Å²) in [4.78, 5) is 7.33. The summed E-state index contributed by atoms with van der Waals surface area (Å²) < 4.78 is 64.8. The van der Waals surface area contributed by atoms with Crippen LogP contribution < -0.4 is 0 Å². The van der Waals surface area contributed by atoms with E-state index in [0.29, 0.717) is 46.7 Å². The van der Waals surface area contributed by atoms with Crippen LogP contribution in [0.1, 0.15) is 62.9 Å². The molecule has 2 aliphatic heterocycles. The minimum atomic E-state index is -4.40. The first-order chi connectivity index (χ1) is 16.4. The summed E-state index contributed by atoms with van der Waals surface area (Å²) in [6.45, 7) is 6.01. The fourth-order valence-electron chi connectivity index (χ4n) is 6.94. The predicted octanol–water partition coefficient (Wildman–Crippen LogP) is 4.55. The van der Waals surface area contributed by atoms with Gasteiger partial charge < -0.3 is 4.90 Å². The molecule has 3 heterocycles. The van der Waals surface area contributed by atoms with E-state index in [1.54, 1.807) is 6.07 Å². The van der Waals surface area contributed by atoms with E-state index in [2.05, 4.69) is 10.00 Å². The van der Waals surface area contributed by atoms with E-state index in [1.807, 2.05) is 18.5 Å². The number of likely N-dealkylation sites (tertiary alicyclic amines) is 1. The first kappa shape index (κ1) is 23.5. The van der Waals surface area contributed by atoms with Crippen molar-refractivity contribution in [1.82, 2.24) is 19.7 Å². The summed E-state index contributed by atoms with van der Waals surface area (Å²) in [5, 5.41) is 4.62. The summed E-state index contributed by atoms with van der Waals surface area (Å²) in [5.41, 5.74) is -0.261. The van der Waals surface area contributed by atoms with Crippen LogP contribution in [0.3, 0.4) is 0 Å². The van der Waals surface area contributed by atoms with Gasteiger partial charge in [-0.3, -0.25) is 0 Å². The second kappa shape index (κ2) is 7.78. The largest absolute Gasteiger partial charge is 0.416 e. The van der Waals surface area contributed by atoms with E-state index < -0.39 is 21.6 Å². The first-order valence-electron chi connectivity index (χ1n) is 12.5. The van der Waals surface area contributed by atoms with Crippen LogP contribution in [0.15, 0.2) is 24.3 Å². The van der Waals surface area contributed by atoms with Crippen molar-refractivity contribution < 1.29 is 21.6 Å². The summed E-state index contributed by atoms with van der Waals surface area (Å²) in [5.74, 6) is 3.38. The van der Waals surface area contributed by atoms with Crippen molar-refractivity contribution in [3.8, 4) is 11.4 Å². The van der Waals surface area contributed by atoms with Gasteiger partial charge in [-0.2, -0.15) is 18.3 Å². The van der Waals surface area contributed by atoms with E-state index in [4.69, 9.17) is 4.98 Å². The molecule has 4 aliphatic rings. The molecule has 6 rings (SSSR count). The maximum absolute atomic E-state index is 13.2. The summed E-state index contributed by atoms with van der Waals surface area (Å²) in [6.07, 6.45) is -0.245. The fourth-order valence-corrected chi connectivity index (χ4v) is 9.29.